The standard InChI is InChI=1S/C23H32N4O2.HI/c1-4-29-21-12-11-20(15-22(21)28-3)26-23(24-2)25-16-18-7-9-19(10-8-18)17-27-13-5-6-14-27;/h7-12,15H,4-6,13-14,16-17H2,1-3H3,(H2,24,25,26);1H. The maximum Gasteiger partial charge on any atom is 0.195 e. The van der Waals surface area contributed by atoms with Crippen molar-refractivity contribution in [1.29, 1.82) is 0 Å². The van der Waals surface area contributed by atoms with E-state index in [9.17, 15) is 0 Å². The zero-order chi connectivity index (χ0) is 20.5. The molecule has 2 aromatic carbocycles. The van der Waals surface area contributed by atoms with Crippen LogP contribution in [0.5, 0.6) is 11.5 Å². The van der Waals surface area contributed by atoms with E-state index >= 15 is 0 Å². The Kier molecular flexibility index (Phi) is 10.2. The van der Waals surface area contributed by atoms with Gasteiger partial charge in [0.25, 0.3) is 0 Å². The van der Waals surface area contributed by atoms with Crippen molar-refractivity contribution < 1.29 is 9.47 Å². The van der Waals surface area contributed by atoms with Crippen molar-refractivity contribution in [2.75, 3.05) is 39.2 Å². The fraction of sp³-hybridized carbons (Fsp3) is 0.435. The summed E-state index contributed by atoms with van der Waals surface area (Å²) in [6.45, 7) is 6.76. The van der Waals surface area contributed by atoms with Crippen molar-refractivity contribution in [2.45, 2.75) is 32.9 Å². The number of halogens is 1. The quantitative estimate of drug-likeness (QED) is 0.303. The zero-order valence-electron chi connectivity index (χ0n) is 18.1. The van der Waals surface area contributed by atoms with E-state index in [-0.39, 0.29) is 24.0 Å². The second-order valence-electron chi connectivity index (χ2n) is 7.15. The Morgan fingerprint density at radius 1 is 1.03 bits per heavy atom. The molecule has 1 fully saturated rings. The lowest BCUT2D eigenvalue weighted by atomic mass is 10.1. The van der Waals surface area contributed by atoms with E-state index in [0.29, 0.717) is 24.9 Å². The molecule has 0 aliphatic carbocycles. The van der Waals surface area contributed by atoms with Crippen LogP contribution in [0.25, 0.3) is 0 Å². The van der Waals surface area contributed by atoms with Crippen molar-refractivity contribution in [1.82, 2.24) is 10.2 Å². The first-order valence-electron chi connectivity index (χ1n) is 10.3. The molecule has 30 heavy (non-hydrogen) atoms. The Hall–Kier alpha value is -2.00. The molecule has 2 N–H and O–H groups in total. The summed E-state index contributed by atoms with van der Waals surface area (Å²) in [5.74, 6) is 2.13. The minimum absolute atomic E-state index is 0. The van der Waals surface area contributed by atoms with Gasteiger partial charge in [-0.25, -0.2) is 0 Å². The third-order valence-electron chi connectivity index (χ3n) is 5.04. The van der Waals surface area contributed by atoms with Gasteiger partial charge in [0.2, 0.25) is 0 Å². The first-order valence-corrected chi connectivity index (χ1v) is 10.3. The lowest BCUT2D eigenvalue weighted by molar-refractivity contribution is 0.311. The Labute approximate surface area is 197 Å². The number of hydrogen-bond donors (Lipinski definition) is 2. The van der Waals surface area contributed by atoms with E-state index in [4.69, 9.17) is 9.47 Å². The number of benzene rings is 2. The normalized spacial score (nSPS) is 14.2. The highest BCUT2D eigenvalue weighted by Crippen LogP contribution is 2.30. The third-order valence-corrected chi connectivity index (χ3v) is 5.04. The molecule has 164 valence electrons. The smallest absolute Gasteiger partial charge is 0.195 e. The SMILES string of the molecule is CCOc1ccc(NC(=NC)NCc2ccc(CN3CCCC3)cc2)cc1OC.I. The number of nitrogens with one attached hydrogen (secondary N) is 2. The highest BCUT2D eigenvalue weighted by Gasteiger charge is 2.11. The molecule has 0 atom stereocenters. The van der Waals surface area contributed by atoms with E-state index in [1.807, 2.05) is 25.1 Å². The van der Waals surface area contributed by atoms with Gasteiger partial charge in [0, 0.05) is 31.9 Å². The van der Waals surface area contributed by atoms with Gasteiger partial charge in [-0.3, -0.25) is 9.89 Å². The predicted octanol–water partition coefficient (Wildman–Crippen LogP) is 4.50. The summed E-state index contributed by atoms with van der Waals surface area (Å²) in [6.07, 6.45) is 2.66. The van der Waals surface area contributed by atoms with Crippen molar-refractivity contribution in [3.8, 4) is 11.5 Å². The minimum atomic E-state index is 0. The molecule has 1 heterocycles. The first-order chi connectivity index (χ1) is 14.2. The lowest BCUT2D eigenvalue weighted by Gasteiger charge is -2.16. The van der Waals surface area contributed by atoms with E-state index in [2.05, 4.69) is 44.8 Å². The largest absolute Gasteiger partial charge is 0.493 e. The van der Waals surface area contributed by atoms with Crippen LogP contribution in [0.1, 0.15) is 30.9 Å². The van der Waals surface area contributed by atoms with Crippen molar-refractivity contribution in [3.05, 3.63) is 53.6 Å². The number of nitrogens with zero attached hydrogens (tertiary/aromatic N) is 2. The molecule has 1 aliphatic rings. The van der Waals surface area contributed by atoms with Crippen LogP contribution in [0, 0.1) is 0 Å². The third kappa shape index (κ3) is 7.05. The van der Waals surface area contributed by atoms with Crippen molar-refractivity contribution in [2.24, 2.45) is 4.99 Å². The average molecular weight is 524 g/mol. The maximum absolute atomic E-state index is 5.57. The van der Waals surface area contributed by atoms with E-state index in [1.165, 1.54) is 37.1 Å². The fourth-order valence-electron chi connectivity index (χ4n) is 3.48. The second-order valence-corrected chi connectivity index (χ2v) is 7.15. The van der Waals surface area contributed by atoms with Crippen molar-refractivity contribution in [3.63, 3.8) is 0 Å². The Morgan fingerprint density at radius 2 is 1.73 bits per heavy atom. The molecule has 2 aromatic rings. The van der Waals surface area contributed by atoms with Gasteiger partial charge < -0.3 is 20.1 Å². The molecule has 6 nitrogen and oxygen atoms in total. The molecule has 3 rings (SSSR count). The minimum Gasteiger partial charge on any atom is -0.493 e. The Morgan fingerprint density at radius 3 is 2.37 bits per heavy atom. The summed E-state index contributed by atoms with van der Waals surface area (Å²) in [5.41, 5.74) is 3.49. The molecule has 7 heteroatoms. The van der Waals surface area contributed by atoms with E-state index in [1.54, 1.807) is 14.2 Å². The van der Waals surface area contributed by atoms with Gasteiger partial charge >= 0.3 is 0 Å². The molecule has 1 saturated heterocycles. The number of guanidine groups is 1. The van der Waals surface area contributed by atoms with Crippen LogP contribution in [0.3, 0.4) is 0 Å². The van der Waals surface area contributed by atoms with Gasteiger partial charge in [-0.2, -0.15) is 0 Å². The van der Waals surface area contributed by atoms with Crippen LogP contribution < -0.4 is 20.1 Å². The first kappa shape index (κ1) is 24.3. The highest BCUT2D eigenvalue weighted by molar-refractivity contribution is 14.0. The fourth-order valence-corrected chi connectivity index (χ4v) is 3.48. The number of methoxy groups -OCH3 is 1. The molecule has 0 bridgehead atoms. The molecular weight excluding hydrogens is 491 g/mol. The molecular formula is C23H33IN4O2. The van der Waals surface area contributed by atoms with Gasteiger partial charge in [-0.05, 0) is 56.1 Å². The van der Waals surface area contributed by atoms with Gasteiger partial charge in [0.05, 0.1) is 13.7 Å². The van der Waals surface area contributed by atoms with E-state index < -0.39 is 0 Å². The molecule has 0 aromatic heterocycles. The molecule has 0 amide bonds. The maximum atomic E-state index is 5.57. The predicted molar refractivity (Wildman–Crippen MR) is 134 cm³/mol. The van der Waals surface area contributed by atoms with E-state index in [0.717, 1.165) is 18.0 Å². The average Bonchev–Trinajstić information content (AvgIpc) is 3.26. The zero-order valence-corrected chi connectivity index (χ0v) is 20.4. The monoisotopic (exact) mass is 524 g/mol. The number of anilines is 1. The topological polar surface area (TPSA) is 58.1 Å². The summed E-state index contributed by atoms with van der Waals surface area (Å²) < 4.78 is 11.0. The number of likely N-dealkylation sites (tertiary alicyclic amines) is 1. The Bertz CT molecular complexity index is 805. The number of aliphatic imine (C=N–C) groups is 1. The summed E-state index contributed by atoms with van der Waals surface area (Å²) in [4.78, 5) is 6.83. The summed E-state index contributed by atoms with van der Waals surface area (Å²) in [7, 11) is 3.41. The second kappa shape index (κ2) is 12.6. The van der Waals surface area contributed by atoms with Crippen LogP contribution >= 0.6 is 24.0 Å². The highest BCUT2D eigenvalue weighted by atomic mass is 127. The Balaban J connectivity index is 0.00000320. The van der Waals surface area contributed by atoms with Crippen LogP contribution in [-0.4, -0.2) is 44.7 Å². The van der Waals surface area contributed by atoms with Gasteiger partial charge in [0.1, 0.15) is 0 Å². The van der Waals surface area contributed by atoms with Gasteiger partial charge in [0.15, 0.2) is 17.5 Å². The molecule has 1 aliphatic heterocycles. The van der Waals surface area contributed by atoms with Crippen LogP contribution in [0.15, 0.2) is 47.5 Å². The molecule has 0 spiro atoms. The van der Waals surface area contributed by atoms with Crippen molar-refractivity contribution >= 4 is 35.6 Å². The van der Waals surface area contributed by atoms with Crippen LogP contribution in [-0.2, 0) is 13.1 Å². The summed E-state index contributed by atoms with van der Waals surface area (Å²) >= 11 is 0. The number of rotatable bonds is 8. The molecule has 0 unspecified atom stereocenters. The molecule has 0 saturated carbocycles. The van der Waals surface area contributed by atoms with Crippen LogP contribution in [0.2, 0.25) is 0 Å². The number of hydrogen-bond acceptors (Lipinski definition) is 4. The van der Waals surface area contributed by atoms with Crippen LogP contribution in [0.4, 0.5) is 5.69 Å². The van der Waals surface area contributed by atoms with Gasteiger partial charge in [-0.15, -0.1) is 24.0 Å². The lowest BCUT2D eigenvalue weighted by Crippen LogP contribution is -2.30. The van der Waals surface area contributed by atoms with Gasteiger partial charge in [-0.1, -0.05) is 24.3 Å². The molecule has 0 radical (unpaired) electrons. The summed E-state index contributed by atoms with van der Waals surface area (Å²) in [5, 5.41) is 6.66. The summed E-state index contributed by atoms with van der Waals surface area (Å²) in [6, 6.07) is 14.6. The number of ether oxygens (including phenoxy) is 2.